The maximum atomic E-state index is 13.2. The molecule has 1 saturated carbocycles. The number of aromatic nitrogens is 2. The summed E-state index contributed by atoms with van der Waals surface area (Å²) in [5.41, 5.74) is 6.47. The fourth-order valence-corrected chi connectivity index (χ4v) is 4.20. The van der Waals surface area contributed by atoms with E-state index in [4.69, 9.17) is 21.9 Å². The van der Waals surface area contributed by atoms with E-state index in [1.807, 2.05) is 12.1 Å². The minimum atomic E-state index is -0.179. The SMILES string of the molecule is Cc1onc2c1c(=O)n(C1CCC(NC(=O)CN)C1)c1cccc(Cl)c21.Cl. The molecule has 2 heterocycles. The van der Waals surface area contributed by atoms with Crippen molar-refractivity contribution < 1.29 is 9.32 Å². The zero-order chi connectivity index (χ0) is 18.4. The predicted octanol–water partition coefficient (Wildman–Crippen LogP) is 2.69. The molecule has 4 rings (SSSR count). The van der Waals surface area contributed by atoms with Crippen LogP contribution in [0.3, 0.4) is 0 Å². The number of amides is 1. The van der Waals surface area contributed by atoms with Gasteiger partial charge in [0.2, 0.25) is 5.91 Å². The number of fused-ring (bicyclic) bond motifs is 3. The van der Waals surface area contributed by atoms with Crippen molar-refractivity contribution in [1.82, 2.24) is 15.0 Å². The standard InChI is InChI=1S/C18H19ClN4O3.ClH/c1-9-15-17(22-26-9)16-12(19)3-2-4-13(16)23(18(15)25)11-6-5-10(7-11)21-14(24)8-20;/h2-4,10-11H,5-8,20H2,1H3,(H,21,24);1H. The van der Waals surface area contributed by atoms with Crippen molar-refractivity contribution in [3.8, 4) is 0 Å². The molecule has 144 valence electrons. The first-order valence-electron chi connectivity index (χ1n) is 8.59. The van der Waals surface area contributed by atoms with E-state index in [0.29, 0.717) is 28.1 Å². The lowest BCUT2D eigenvalue weighted by molar-refractivity contribution is -0.120. The zero-order valence-electron chi connectivity index (χ0n) is 14.7. The molecule has 0 aliphatic heterocycles. The lowest BCUT2D eigenvalue weighted by atomic mass is 10.1. The molecule has 1 fully saturated rings. The number of rotatable bonds is 3. The van der Waals surface area contributed by atoms with Crippen LogP contribution in [0.4, 0.5) is 0 Å². The summed E-state index contributed by atoms with van der Waals surface area (Å²) in [6.45, 7) is 1.69. The Hall–Kier alpha value is -2.09. The normalized spacial score (nSPS) is 19.4. The Bertz CT molecular complexity index is 1080. The van der Waals surface area contributed by atoms with Crippen LogP contribution in [0.2, 0.25) is 5.02 Å². The lowest BCUT2D eigenvalue weighted by Crippen LogP contribution is -2.37. The Morgan fingerprint density at radius 1 is 1.41 bits per heavy atom. The van der Waals surface area contributed by atoms with Crippen LogP contribution in [0.25, 0.3) is 21.8 Å². The number of benzene rings is 1. The van der Waals surface area contributed by atoms with Crippen LogP contribution < -0.4 is 16.6 Å². The summed E-state index contributed by atoms with van der Waals surface area (Å²) in [5.74, 6) is 0.299. The van der Waals surface area contributed by atoms with Crippen LogP contribution in [0.1, 0.15) is 31.1 Å². The van der Waals surface area contributed by atoms with Gasteiger partial charge in [0, 0.05) is 17.5 Å². The van der Waals surface area contributed by atoms with Crippen molar-refractivity contribution in [2.45, 2.75) is 38.3 Å². The molecule has 1 amide bonds. The van der Waals surface area contributed by atoms with Crippen LogP contribution in [0, 0.1) is 6.92 Å². The molecule has 0 saturated heterocycles. The summed E-state index contributed by atoms with van der Waals surface area (Å²) in [6, 6.07) is 5.45. The molecule has 2 aromatic heterocycles. The molecular formula is C18H20Cl2N4O3. The van der Waals surface area contributed by atoms with E-state index < -0.39 is 0 Å². The van der Waals surface area contributed by atoms with Gasteiger partial charge in [0.1, 0.15) is 16.7 Å². The van der Waals surface area contributed by atoms with Gasteiger partial charge in [0.05, 0.1) is 17.1 Å². The van der Waals surface area contributed by atoms with Crippen LogP contribution in [-0.2, 0) is 4.79 Å². The molecule has 3 N–H and O–H groups in total. The molecule has 1 aromatic carbocycles. The molecule has 1 aliphatic carbocycles. The monoisotopic (exact) mass is 410 g/mol. The quantitative estimate of drug-likeness (QED) is 0.690. The lowest BCUT2D eigenvalue weighted by Gasteiger charge is -2.19. The first-order valence-corrected chi connectivity index (χ1v) is 8.97. The number of halogens is 2. The summed E-state index contributed by atoms with van der Waals surface area (Å²) >= 11 is 6.42. The second-order valence-electron chi connectivity index (χ2n) is 6.71. The fraction of sp³-hybridized carbons (Fsp3) is 0.389. The topological polar surface area (TPSA) is 103 Å². The first-order chi connectivity index (χ1) is 12.5. The second kappa shape index (κ2) is 7.50. The smallest absolute Gasteiger partial charge is 0.264 e. The van der Waals surface area contributed by atoms with Gasteiger partial charge in [-0.05, 0) is 38.3 Å². The molecule has 2 unspecified atom stereocenters. The predicted molar refractivity (Wildman–Crippen MR) is 107 cm³/mol. The molecule has 3 aromatic rings. The van der Waals surface area contributed by atoms with Gasteiger partial charge in [0.25, 0.3) is 5.56 Å². The summed E-state index contributed by atoms with van der Waals surface area (Å²) < 4.78 is 7.05. The number of hydrogen-bond acceptors (Lipinski definition) is 5. The third kappa shape index (κ3) is 3.20. The van der Waals surface area contributed by atoms with Crippen LogP contribution in [-0.4, -0.2) is 28.2 Å². The largest absolute Gasteiger partial charge is 0.360 e. The number of carbonyl (C=O) groups excluding carboxylic acids is 1. The van der Waals surface area contributed by atoms with Gasteiger partial charge in [-0.2, -0.15) is 0 Å². The van der Waals surface area contributed by atoms with Crippen LogP contribution in [0.15, 0.2) is 27.5 Å². The van der Waals surface area contributed by atoms with E-state index in [9.17, 15) is 9.59 Å². The molecule has 27 heavy (non-hydrogen) atoms. The van der Waals surface area contributed by atoms with E-state index >= 15 is 0 Å². The van der Waals surface area contributed by atoms with Gasteiger partial charge in [-0.25, -0.2) is 0 Å². The highest BCUT2D eigenvalue weighted by Crippen LogP contribution is 2.35. The van der Waals surface area contributed by atoms with Crippen LogP contribution >= 0.6 is 24.0 Å². The fourth-order valence-electron chi connectivity index (χ4n) is 3.94. The summed E-state index contributed by atoms with van der Waals surface area (Å²) in [6.07, 6.45) is 2.25. The van der Waals surface area contributed by atoms with Crippen molar-refractivity contribution >= 4 is 51.7 Å². The molecule has 0 radical (unpaired) electrons. The van der Waals surface area contributed by atoms with E-state index in [0.717, 1.165) is 23.7 Å². The zero-order valence-corrected chi connectivity index (χ0v) is 16.3. The van der Waals surface area contributed by atoms with Crippen molar-refractivity contribution in [2.75, 3.05) is 6.54 Å². The number of pyridine rings is 1. The Morgan fingerprint density at radius 3 is 2.93 bits per heavy atom. The molecule has 0 bridgehead atoms. The second-order valence-corrected chi connectivity index (χ2v) is 7.11. The number of nitrogens with one attached hydrogen (secondary N) is 1. The van der Waals surface area contributed by atoms with Crippen LogP contribution in [0.5, 0.6) is 0 Å². The van der Waals surface area contributed by atoms with Crippen molar-refractivity contribution in [2.24, 2.45) is 5.73 Å². The van der Waals surface area contributed by atoms with Crippen molar-refractivity contribution in [3.05, 3.63) is 39.3 Å². The number of nitrogens with two attached hydrogens (primary N) is 1. The Kier molecular flexibility index (Phi) is 5.46. The summed E-state index contributed by atoms with van der Waals surface area (Å²) in [4.78, 5) is 24.8. The van der Waals surface area contributed by atoms with E-state index in [-0.39, 0.29) is 42.5 Å². The highest BCUT2D eigenvalue weighted by Gasteiger charge is 2.30. The number of hydrogen-bond donors (Lipinski definition) is 2. The molecule has 9 heteroatoms. The van der Waals surface area contributed by atoms with E-state index in [2.05, 4.69) is 10.5 Å². The summed E-state index contributed by atoms with van der Waals surface area (Å²) in [7, 11) is 0. The van der Waals surface area contributed by atoms with Gasteiger partial charge in [0.15, 0.2) is 0 Å². The Morgan fingerprint density at radius 2 is 2.19 bits per heavy atom. The molecule has 1 aliphatic rings. The third-order valence-corrected chi connectivity index (χ3v) is 5.42. The molecule has 2 atom stereocenters. The minimum absolute atomic E-state index is 0. The molecule has 0 spiro atoms. The van der Waals surface area contributed by atoms with E-state index in [1.165, 1.54) is 0 Å². The highest BCUT2D eigenvalue weighted by atomic mass is 35.5. The van der Waals surface area contributed by atoms with Gasteiger partial charge in [-0.1, -0.05) is 22.8 Å². The minimum Gasteiger partial charge on any atom is -0.360 e. The maximum absolute atomic E-state index is 13.2. The molecular weight excluding hydrogens is 391 g/mol. The van der Waals surface area contributed by atoms with Gasteiger partial charge in [-0.3, -0.25) is 9.59 Å². The number of aryl methyl sites for hydroxylation is 1. The average molecular weight is 411 g/mol. The van der Waals surface area contributed by atoms with Gasteiger partial charge in [-0.15, -0.1) is 12.4 Å². The van der Waals surface area contributed by atoms with Gasteiger partial charge >= 0.3 is 0 Å². The Balaban J connectivity index is 0.00000210. The number of carbonyl (C=O) groups is 1. The van der Waals surface area contributed by atoms with Crippen molar-refractivity contribution in [1.29, 1.82) is 0 Å². The maximum Gasteiger partial charge on any atom is 0.264 e. The highest BCUT2D eigenvalue weighted by molar-refractivity contribution is 6.37. The Labute approximate surface area is 166 Å². The first kappa shape index (κ1) is 19.7. The van der Waals surface area contributed by atoms with E-state index in [1.54, 1.807) is 17.6 Å². The van der Waals surface area contributed by atoms with Crippen molar-refractivity contribution in [3.63, 3.8) is 0 Å². The average Bonchev–Trinajstić information content (AvgIpc) is 3.22. The number of nitrogens with zero attached hydrogens (tertiary/aromatic N) is 2. The summed E-state index contributed by atoms with van der Waals surface area (Å²) in [5, 5.41) is 8.68. The molecule has 7 nitrogen and oxygen atoms in total. The third-order valence-electron chi connectivity index (χ3n) is 5.10. The van der Waals surface area contributed by atoms with Gasteiger partial charge < -0.3 is 20.1 Å².